The van der Waals surface area contributed by atoms with E-state index < -0.39 is 4.92 Å². The second-order valence-electron chi connectivity index (χ2n) is 5.02. The maximum Gasteiger partial charge on any atom is 0.293 e. The van der Waals surface area contributed by atoms with Gasteiger partial charge in [0.2, 0.25) is 0 Å². The molecule has 0 aliphatic carbocycles. The fourth-order valence-electron chi connectivity index (χ4n) is 1.83. The number of anilines is 1. The molecule has 1 rings (SSSR count). The number of nitro groups is 1. The molecule has 7 heteroatoms. The Morgan fingerprint density at radius 3 is 2.67 bits per heavy atom. The fraction of sp³-hybridized carbons (Fsp3) is 0.500. The monoisotopic (exact) mass is 295 g/mol. The first-order valence-corrected chi connectivity index (χ1v) is 6.62. The van der Waals surface area contributed by atoms with Gasteiger partial charge in [0.05, 0.1) is 4.92 Å². The van der Waals surface area contributed by atoms with Gasteiger partial charge in [-0.05, 0) is 25.5 Å². The Morgan fingerprint density at radius 1 is 1.48 bits per heavy atom. The Morgan fingerprint density at radius 2 is 2.14 bits per heavy atom. The molecule has 0 radical (unpaired) electrons. The van der Waals surface area contributed by atoms with Crippen LogP contribution in [0.2, 0.25) is 0 Å². The van der Waals surface area contributed by atoms with Crippen molar-refractivity contribution in [3.63, 3.8) is 0 Å². The zero-order chi connectivity index (χ0) is 16.0. The highest BCUT2D eigenvalue weighted by Gasteiger charge is 2.19. The molecule has 0 aliphatic rings. The maximum absolute atomic E-state index is 11.9. The number of nitro benzene ring substituents is 1. The van der Waals surface area contributed by atoms with Crippen molar-refractivity contribution in [1.29, 1.82) is 0 Å². The zero-order valence-electron chi connectivity index (χ0n) is 12.8. The molecular formula is C14H21N3O4. The van der Waals surface area contributed by atoms with E-state index in [4.69, 9.17) is 4.74 Å². The number of rotatable bonds is 7. The van der Waals surface area contributed by atoms with E-state index in [1.165, 1.54) is 11.0 Å². The SMILES string of the molecule is COCCC(C)Nc1ccc(C(=O)N(C)C)cc1[N+](=O)[O-]. The summed E-state index contributed by atoms with van der Waals surface area (Å²) in [6.07, 6.45) is 0.728. The van der Waals surface area contributed by atoms with E-state index >= 15 is 0 Å². The molecule has 1 atom stereocenters. The molecular weight excluding hydrogens is 274 g/mol. The van der Waals surface area contributed by atoms with Gasteiger partial charge in [-0.15, -0.1) is 0 Å². The van der Waals surface area contributed by atoms with Gasteiger partial charge < -0.3 is 15.0 Å². The molecule has 0 spiro atoms. The zero-order valence-corrected chi connectivity index (χ0v) is 12.8. The van der Waals surface area contributed by atoms with Crippen LogP contribution in [0, 0.1) is 10.1 Å². The van der Waals surface area contributed by atoms with Crippen LogP contribution in [-0.2, 0) is 4.74 Å². The second kappa shape index (κ2) is 7.58. The van der Waals surface area contributed by atoms with Crippen LogP contribution < -0.4 is 5.32 Å². The summed E-state index contributed by atoms with van der Waals surface area (Å²) in [7, 11) is 4.82. The van der Waals surface area contributed by atoms with E-state index in [1.54, 1.807) is 33.3 Å². The van der Waals surface area contributed by atoms with Gasteiger partial charge in [0.25, 0.3) is 11.6 Å². The van der Waals surface area contributed by atoms with E-state index in [9.17, 15) is 14.9 Å². The summed E-state index contributed by atoms with van der Waals surface area (Å²) in [4.78, 5) is 23.9. The number of nitrogens with one attached hydrogen (secondary N) is 1. The van der Waals surface area contributed by atoms with Crippen LogP contribution in [0.25, 0.3) is 0 Å². The molecule has 0 fully saturated rings. The molecule has 0 aromatic heterocycles. The molecule has 21 heavy (non-hydrogen) atoms. The minimum absolute atomic E-state index is 0.0269. The Hall–Kier alpha value is -2.15. The molecule has 1 amide bonds. The number of nitrogens with zero attached hydrogens (tertiary/aromatic N) is 2. The number of hydrogen-bond acceptors (Lipinski definition) is 5. The third-order valence-electron chi connectivity index (χ3n) is 3.00. The largest absolute Gasteiger partial charge is 0.385 e. The van der Waals surface area contributed by atoms with Crippen molar-refractivity contribution in [3.8, 4) is 0 Å². The fourth-order valence-corrected chi connectivity index (χ4v) is 1.83. The molecule has 1 unspecified atom stereocenters. The lowest BCUT2D eigenvalue weighted by Gasteiger charge is -2.16. The molecule has 0 saturated heterocycles. The second-order valence-corrected chi connectivity index (χ2v) is 5.02. The van der Waals surface area contributed by atoms with Gasteiger partial charge in [0.15, 0.2) is 0 Å². The summed E-state index contributed by atoms with van der Waals surface area (Å²) in [5.41, 5.74) is 0.590. The number of carbonyl (C=O) groups excluding carboxylic acids is 1. The predicted octanol–water partition coefficient (Wildman–Crippen LogP) is 2.13. The van der Waals surface area contributed by atoms with Crippen molar-refractivity contribution in [3.05, 3.63) is 33.9 Å². The minimum Gasteiger partial charge on any atom is -0.385 e. The summed E-state index contributed by atoms with van der Waals surface area (Å²) in [5, 5.41) is 14.3. The molecule has 1 aromatic rings. The summed E-state index contributed by atoms with van der Waals surface area (Å²) in [6, 6.07) is 4.48. The summed E-state index contributed by atoms with van der Waals surface area (Å²) in [5.74, 6) is -0.267. The summed E-state index contributed by atoms with van der Waals surface area (Å²) < 4.78 is 4.98. The van der Waals surface area contributed by atoms with Gasteiger partial charge in [-0.2, -0.15) is 0 Å². The Labute approximate surface area is 124 Å². The average Bonchev–Trinajstić information content (AvgIpc) is 2.44. The lowest BCUT2D eigenvalue weighted by atomic mass is 10.1. The summed E-state index contributed by atoms with van der Waals surface area (Å²) >= 11 is 0. The highest BCUT2D eigenvalue weighted by Crippen LogP contribution is 2.27. The minimum atomic E-state index is -0.488. The van der Waals surface area contributed by atoms with E-state index in [1.807, 2.05) is 6.92 Å². The normalized spacial score (nSPS) is 11.8. The molecule has 0 heterocycles. The molecule has 1 aromatic carbocycles. The number of hydrogen-bond donors (Lipinski definition) is 1. The highest BCUT2D eigenvalue weighted by molar-refractivity contribution is 5.95. The molecule has 7 nitrogen and oxygen atoms in total. The van der Waals surface area contributed by atoms with Gasteiger partial charge in [-0.25, -0.2) is 0 Å². The van der Waals surface area contributed by atoms with Crippen LogP contribution in [-0.4, -0.2) is 49.6 Å². The standard InChI is InChI=1S/C14H21N3O4/c1-10(7-8-21-4)15-12-6-5-11(14(18)16(2)3)9-13(12)17(19)20/h5-6,9-10,15H,7-8H2,1-4H3. The van der Waals surface area contributed by atoms with Gasteiger partial charge in [0.1, 0.15) is 5.69 Å². The van der Waals surface area contributed by atoms with Crippen LogP contribution in [0.15, 0.2) is 18.2 Å². The maximum atomic E-state index is 11.9. The number of methoxy groups -OCH3 is 1. The van der Waals surface area contributed by atoms with Crippen LogP contribution in [0.1, 0.15) is 23.7 Å². The first-order chi connectivity index (χ1) is 9.86. The van der Waals surface area contributed by atoms with Crippen molar-refractivity contribution >= 4 is 17.3 Å². The lowest BCUT2D eigenvalue weighted by molar-refractivity contribution is -0.384. The Bertz CT molecular complexity index is 517. The summed E-state index contributed by atoms with van der Waals surface area (Å²) in [6.45, 7) is 2.49. The molecule has 116 valence electrons. The van der Waals surface area contributed by atoms with Gasteiger partial charge >= 0.3 is 0 Å². The van der Waals surface area contributed by atoms with Crippen LogP contribution in [0.5, 0.6) is 0 Å². The quantitative estimate of drug-likeness (QED) is 0.615. The first kappa shape index (κ1) is 16.9. The molecule has 0 bridgehead atoms. The van der Waals surface area contributed by atoms with Crippen molar-refractivity contribution < 1.29 is 14.5 Å². The lowest BCUT2D eigenvalue weighted by Crippen LogP contribution is -2.22. The van der Waals surface area contributed by atoms with Crippen molar-refractivity contribution in [2.45, 2.75) is 19.4 Å². The highest BCUT2D eigenvalue weighted by atomic mass is 16.6. The molecule has 0 saturated carbocycles. The van der Waals surface area contributed by atoms with Crippen molar-refractivity contribution in [2.24, 2.45) is 0 Å². The third-order valence-corrected chi connectivity index (χ3v) is 3.00. The third kappa shape index (κ3) is 4.71. The van der Waals surface area contributed by atoms with Crippen molar-refractivity contribution in [1.82, 2.24) is 4.90 Å². The number of ether oxygens (including phenoxy) is 1. The van der Waals surface area contributed by atoms with Gasteiger partial charge in [-0.3, -0.25) is 14.9 Å². The van der Waals surface area contributed by atoms with Gasteiger partial charge in [-0.1, -0.05) is 0 Å². The number of carbonyl (C=O) groups is 1. The number of benzene rings is 1. The van der Waals surface area contributed by atoms with E-state index in [0.29, 0.717) is 17.9 Å². The number of amides is 1. The average molecular weight is 295 g/mol. The smallest absolute Gasteiger partial charge is 0.293 e. The molecule has 0 aliphatic heterocycles. The van der Waals surface area contributed by atoms with Crippen molar-refractivity contribution in [2.75, 3.05) is 33.1 Å². The first-order valence-electron chi connectivity index (χ1n) is 6.62. The van der Waals surface area contributed by atoms with E-state index in [2.05, 4.69) is 5.32 Å². The van der Waals surface area contributed by atoms with E-state index in [-0.39, 0.29) is 17.6 Å². The van der Waals surface area contributed by atoms with E-state index in [0.717, 1.165) is 6.42 Å². The predicted molar refractivity (Wildman–Crippen MR) is 80.7 cm³/mol. The Balaban J connectivity index is 3.00. The topological polar surface area (TPSA) is 84.7 Å². The molecule has 1 N–H and O–H groups in total. The Kier molecular flexibility index (Phi) is 6.10. The van der Waals surface area contributed by atoms with Crippen LogP contribution >= 0.6 is 0 Å². The van der Waals surface area contributed by atoms with Crippen LogP contribution in [0.3, 0.4) is 0 Å². The van der Waals surface area contributed by atoms with Gasteiger partial charge in [0, 0.05) is 45.5 Å². The van der Waals surface area contributed by atoms with Crippen LogP contribution in [0.4, 0.5) is 11.4 Å².